The van der Waals surface area contributed by atoms with E-state index in [2.05, 4.69) is 19.0 Å². The van der Waals surface area contributed by atoms with Gasteiger partial charge in [0.1, 0.15) is 5.69 Å². The van der Waals surface area contributed by atoms with Crippen LogP contribution in [0.2, 0.25) is 0 Å². The first-order chi connectivity index (χ1) is 7.04. The quantitative estimate of drug-likeness (QED) is 0.657. The van der Waals surface area contributed by atoms with Crippen LogP contribution in [0.3, 0.4) is 0 Å². The highest BCUT2D eigenvalue weighted by Crippen LogP contribution is 2.37. The number of rotatable bonds is 1. The van der Waals surface area contributed by atoms with E-state index in [-0.39, 0.29) is 11.2 Å². The van der Waals surface area contributed by atoms with Gasteiger partial charge in [-0.2, -0.15) is 0 Å². The van der Waals surface area contributed by atoms with Crippen molar-refractivity contribution in [2.75, 3.05) is 0 Å². The lowest BCUT2D eigenvalue weighted by Crippen LogP contribution is -2.27. The number of carbonyl (C=O) groups is 1. The number of nitrogens with zero attached hydrogens (tertiary/aromatic N) is 1. The number of hydrogen-bond acceptors (Lipinski definition) is 3. The van der Waals surface area contributed by atoms with Crippen LogP contribution in [0.1, 0.15) is 42.6 Å². The van der Waals surface area contributed by atoms with Gasteiger partial charge in [-0.1, -0.05) is 19.9 Å². The van der Waals surface area contributed by atoms with E-state index in [0.29, 0.717) is 17.7 Å². The molecule has 0 N–H and O–H groups in total. The van der Waals surface area contributed by atoms with E-state index in [4.69, 9.17) is 0 Å². The number of carbonyl (C=O) groups excluding carboxylic acids is 1. The predicted octanol–water partition coefficient (Wildman–Crippen LogP) is 3.34. The van der Waals surface area contributed by atoms with Gasteiger partial charge >= 0.3 is 0 Å². The maximum atomic E-state index is 11.7. The Kier molecular flexibility index (Phi) is 2.18. The summed E-state index contributed by atoms with van der Waals surface area (Å²) in [5.74, 6) is 0.120. The molecule has 0 atom stereocenters. The number of ketones is 1. The van der Waals surface area contributed by atoms with Crippen molar-refractivity contribution in [3.05, 3.63) is 34.2 Å². The Morgan fingerprint density at radius 3 is 2.73 bits per heavy atom. The second kappa shape index (κ2) is 3.26. The minimum Gasteiger partial charge on any atom is -0.294 e. The lowest BCUT2D eigenvalue weighted by molar-refractivity contribution is 0.0957. The SMILES string of the molecule is CC1(C)CCC(=O)c2cc(N=O)ccc21. The molecule has 0 heterocycles. The van der Waals surface area contributed by atoms with Crippen LogP contribution >= 0.6 is 0 Å². The monoisotopic (exact) mass is 203 g/mol. The lowest BCUT2D eigenvalue weighted by atomic mass is 9.72. The molecule has 78 valence electrons. The summed E-state index contributed by atoms with van der Waals surface area (Å²) in [4.78, 5) is 22.1. The number of fused-ring (bicyclic) bond motifs is 1. The molecule has 0 amide bonds. The van der Waals surface area contributed by atoms with E-state index in [1.807, 2.05) is 6.07 Å². The molecule has 2 rings (SSSR count). The van der Waals surface area contributed by atoms with Crippen molar-refractivity contribution in [1.29, 1.82) is 0 Å². The van der Waals surface area contributed by atoms with Gasteiger partial charge in [-0.25, -0.2) is 0 Å². The molecular formula is C12H13NO2. The van der Waals surface area contributed by atoms with Gasteiger partial charge in [0, 0.05) is 12.0 Å². The fourth-order valence-electron chi connectivity index (χ4n) is 2.11. The Labute approximate surface area is 88.5 Å². The number of benzene rings is 1. The highest BCUT2D eigenvalue weighted by atomic mass is 16.3. The van der Waals surface area contributed by atoms with E-state index in [1.165, 1.54) is 0 Å². The van der Waals surface area contributed by atoms with Crippen molar-refractivity contribution in [3.8, 4) is 0 Å². The minimum absolute atomic E-state index is 0.0185. The maximum Gasteiger partial charge on any atom is 0.163 e. The van der Waals surface area contributed by atoms with E-state index < -0.39 is 0 Å². The Balaban J connectivity index is 2.62. The van der Waals surface area contributed by atoms with Crippen molar-refractivity contribution in [2.45, 2.75) is 32.1 Å². The van der Waals surface area contributed by atoms with Crippen LogP contribution in [-0.4, -0.2) is 5.78 Å². The lowest BCUT2D eigenvalue weighted by Gasteiger charge is -2.31. The smallest absolute Gasteiger partial charge is 0.163 e. The molecule has 0 fully saturated rings. The van der Waals surface area contributed by atoms with Crippen molar-refractivity contribution in [3.63, 3.8) is 0 Å². The van der Waals surface area contributed by atoms with Gasteiger partial charge in [0.25, 0.3) is 0 Å². The van der Waals surface area contributed by atoms with Gasteiger partial charge in [-0.05, 0) is 34.7 Å². The van der Waals surface area contributed by atoms with Crippen molar-refractivity contribution >= 4 is 11.5 Å². The molecule has 1 aliphatic rings. The largest absolute Gasteiger partial charge is 0.294 e. The molecule has 0 saturated heterocycles. The standard InChI is InChI=1S/C12H13NO2/c1-12(2)6-5-11(14)9-7-8(13-15)3-4-10(9)12/h3-4,7H,5-6H2,1-2H3. The summed E-state index contributed by atoms with van der Waals surface area (Å²) in [5.41, 5.74) is 2.05. The molecule has 0 aliphatic heterocycles. The normalized spacial score (nSPS) is 18.4. The molecule has 0 unspecified atom stereocenters. The summed E-state index contributed by atoms with van der Waals surface area (Å²) in [6.07, 6.45) is 1.43. The van der Waals surface area contributed by atoms with Gasteiger partial charge in [-0.15, -0.1) is 4.91 Å². The predicted molar refractivity (Wildman–Crippen MR) is 58.5 cm³/mol. The zero-order valence-electron chi connectivity index (χ0n) is 8.91. The molecule has 3 heteroatoms. The molecule has 3 nitrogen and oxygen atoms in total. The Bertz CT molecular complexity index is 435. The summed E-state index contributed by atoms with van der Waals surface area (Å²) in [5, 5.41) is 2.86. The van der Waals surface area contributed by atoms with Crippen LogP contribution in [0.25, 0.3) is 0 Å². The molecule has 1 aromatic rings. The number of Topliss-reactive ketones (excluding diaryl/α,β-unsaturated/α-hetero) is 1. The van der Waals surface area contributed by atoms with E-state index in [1.54, 1.807) is 12.1 Å². The van der Waals surface area contributed by atoms with Crippen LogP contribution in [0.4, 0.5) is 5.69 Å². The molecule has 0 saturated carbocycles. The second-order valence-electron chi connectivity index (χ2n) is 4.63. The van der Waals surface area contributed by atoms with Crippen LogP contribution in [0.15, 0.2) is 23.4 Å². The number of hydrogen-bond donors (Lipinski definition) is 0. The molecule has 0 spiro atoms. The summed E-state index contributed by atoms with van der Waals surface area (Å²) in [6, 6.07) is 5.13. The topological polar surface area (TPSA) is 46.5 Å². The molecule has 1 aromatic carbocycles. The van der Waals surface area contributed by atoms with Gasteiger partial charge < -0.3 is 0 Å². The first kappa shape index (κ1) is 10.0. The third-order valence-electron chi connectivity index (χ3n) is 3.12. The second-order valence-corrected chi connectivity index (χ2v) is 4.63. The summed E-state index contributed by atoms with van der Waals surface area (Å²) >= 11 is 0. The molecule has 0 aromatic heterocycles. The first-order valence-electron chi connectivity index (χ1n) is 5.06. The molecule has 0 bridgehead atoms. The summed E-state index contributed by atoms with van der Waals surface area (Å²) < 4.78 is 0. The summed E-state index contributed by atoms with van der Waals surface area (Å²) in [7, 11) is 0. The van der Waals surface area contributed by atoms with Crippen LogP contribution < -0.4 is 0 Å². The Morgan fingerprint density at radius 1 is 1.33 bits per heavy atom. The van der Waals surface area contributed by atoms with Gasteiger partial charge in [0.2, 0.25) is 0 Å². The minimum atomic E-state index is 0.0185. The van der Waals surface area contributed by atoms with E-state index in [0.717, 1.165) is 12.0 Å². The fraction of sp³-hybridized carbons (Fsp3) is 0.417. The Morgan fingerprint density at radius 2 is 2.07 bits per heavy atom. The van der Waals surface area contributed by atoms with Gasteiger partial charge in [-0.3, -0.25) is 4.79 Å². The van der Waals surface area contributed by atoms with Crippen molar-refractivity contribution < 1.29 is 4.79 Å². The first-order valence-corrected chi connectivity index (χ1v) is 5.06. The van der Waals surface area contributed by atoms with Crippen molar-refractivity contribution in [2.24, 2.45) is 5.18 Å². The summed E-state index contributed by atoms with van der Waals surface area (Å²) in [6.45, 7) is 4.23. The third kappa shape index (κ3) is 1.58. The maximum absolute atomic E-state index is 11.7. The highest BCUT2D eigenvalue weighted by Gasteiger charge is 2.31. The molecular weight excluding hydrogens is 190 g/mol. The Hall–Kier alpha value is -1.51. The average molecular weight is 203 g/mol. The van der Waals surface area contributed by atoms with E-state index >= 15 is 0 Å². The van der Waals surface area contributed by atoms with Crippen LogP contribution in [0.5, 0.6) is 0 Å². The van der Waals surface area contributed by atoms with Gasteiger partial charge in [0.05, 0.1) is 0 Å². The third-order valence-corrected chi connectivity index (χ3v) is 3.12. The van der Waals surface area contributed by atoms with Crippen LogP contribution in [-0.2, 0) is 5.41 Å². The van der Waals surface area contributed by atoms with Crippen LogP contribution in [0, 0.1) is 4.91 Å². The molecule has 1 aliphatic carbocycles. The average Bonchev–Trinajstić information content (AvgIpc) is 2.23. The molecule has 0 radical (unpaired) electrons. The zero-order valence-corrected chi connectivity index (χ0v) is 8.91. The molecule has 15 heavy (non-hydrogen) atoms. The highest BCUT2D eigenvalue weighted by molar-refractivity contribution is 5.99. The van der Waals surface area contributed by atoms with E-state index in [9.17, 15) is 9.70 Å². The number of nitroso groups, excluding NO2 is 1. The fourth-order valence-corrected chi connectivity index (χ4v) is 2.11. The zero-order chi connectivity index (χ0) is 11.1. The van der Waals surface area contributed by atoms with Gasteiger partial charge in [0.15, 0.2) is 5.78 Å². The van der Waals surface area contributed by atoms with Crippen molar-refractivity contribution in [1.82, 2.24) is 0 Å².